The maximum atomic E-state index is 14.1. The Hall–Kier alpha value is -3.97. The van der Waals surface area contributed by atoms with Crippen molar-refractivity contribution >= 4 is 27.6 Å². The fraction of sp³-hybridized carbons (Fsp3) is 0.0769. The molecule has 5 rings (SSSR count). The third-order valence-corrected chi connectivity index (χ3v) is 5.55. The molecule has 144 valence electrons. The van der Waals surface area contributed by atoms with Gasteiger partial charge >= 0.3 is 0 Å². The van der Waals surface area contributed by atoms with Gasteiger partial charge < -0.3 is 4.42 Å². The standard InChI is InChI=1S/C26H18FN2O/c1-16-9-10-20-24-19(17-7-5-4-6-8-17)11-12-21(28-2)26(24)30-25(20)23(16)22-15-18(27)13-14-29(22)3/h4-15H,1,3H3/q+1. The Labute approximate surface area is 173 Å². The average Bonchev–Trinajstić information content (AvgIpc) is 3.15. The van der Waals surface area contributed by atoms with Gasteiger partial charge in [0.25, 0.3) is 0 Å². The number of benzene rings is 3. The SMILES string of the molecule is [C-]#[N+]c1ccc(-c2ccccc2)c2c1oc1c(-c3cc(F)cc[n+]3C)c(C)ccc12. The van der Waals surface area contributed by atoms with Gasteiger partial charge in [0.15, 0.2) is 6.20 Å². The van der Waals surface area contributed by atoms with Gasteiger partial charge in [-0.1, -0.05) is 54.6 Å². The van der Waals surface area contributed by atoms with Crippen LogP contribution < -0.4 is 4.57 Å². The van der Waals surface area contributed by atoms with Gasteiger partial charge in [0.1, 0.15) is 24.0 Å². The largest absolute Gasteiger partial charge is 0.466 e. The molecule has 0 radical (unpaired) electrons. The van der Waals surface area contributed by atoms with E-state index < -0.39 is 0 Å². The molecule has 0 unspecified atom stereocenters. The lowest BCUT2D eigenvalue weighted by atomic mass is 9.96. The number of fused-ring (bicyclic) bond motifs is 3. The number of hydrogen-bond acceptors (Lipinski definition) is 1. The fourth-order valence-electron chi connectivity index (χ4n) is 4.09. The van der Waals surface area contributed by atoms with E-state index in [9.17, 15) is 4.39 Å². The van der Waals surface area contributed by atoms with Crippen LogP contribution in [0.25, 0.3) is 49.2 Å². The van der Waals surface area contributed by atoms with Gasteiger partial charge in [-0.3, -0.25) is 0 Å². The molecule has 0 atom stereocenters. The fourth-order valence-corrected chi connectivity index (χ4v) is 4.09. The molecule has 0 aliphatic carbocycles. The zero-order valence-corrected chi connectivity index (χ0v) is 16.6. The summed E-state index contributed by atoms with van der Waals surface area (Å²) in [6.07, 6.45) is 1.70. The van der Waals surface area contributed by atoms with Crippen molar-refractivity contribution in [3.05, 3.63) is 95.7 Å². The molecule has 3 nitrogen and oxygen atoms in total. The van der Waals surface area contributed by atoms with Crippen LogP contribution in [0.3, 0.4) is 0 Å². The van der Waals surface area contributed by atoms with Crippen LogP contribution in [0.5, 0.6) is 0 Å². The number of rotatable bonds is 2. The Morgan fingerprint density at radius 2 is 1.77 bits per heavy atom. The molecule has 3 aromatic carbocycles. The number of aromatic nitrogens is 1. The van der Waals surface area contributed by atoms with Crippen LogP contribution in [0.2, 0.25) is 0 Å². The summed E-state index contributed by atoms with van der Waals surface area (Å²) < 4.78 is 22.3. The summed E-state index contributed by atoms with van der Waals surface area (Å²) in [5.41, 5.74) is 6.30. The van der Waals surface area contributed by atoms with Crippen LogP contribution >= 0.6 is 0 Å². The summed E-state index contributed by atoms with van der Waals surface area (Å²) in [6, 6.07) is 20.8. The Kier molecular flexibility index (Phi) is 4.11. The Morgan fingerprint density at radius 3 is 2.53 bits per heavy atom. The maximum Gasteiger partial charge on any atom is 0.229 e. The topological polar surface area (TPSA) is 21.4 Å². The molecule has 0 fully saturated rings. The zero-order chi connectivity index (χ0) is 20.8. The van der Waals surface area contributed by atoms with E-state index in [-0.39, 0.29) is 5.82 Å². The number of furan rings is 1. The Bertz CT molecular complexity index is 1480. The van der Waals surface area contributed by atoms with E-state index in [4.69, 9.17) is 11.0 Å². The van der Waals surface area contributed by atoms with Crippen molar-refractivity contribution in [1.29, 1.82) is 0 Å². The van der Waals surface area contributed by atoms with Gasteiger partial charge in [-0.15, -0.1) is 0 Å². The highest BCUT2D eigenvalue weighted by Crippen LogP contribution is 2.44. The molecule has 5 aromatic rings. The van der Waals surface area contributed by atoms with Gasteiger partial charge in [0, 0.05) is 22.9 Å². The van der Waals surface area contributed by atoms with Gasteiger partial charge in [0.2, 0.25) is 11.4 Å². The summed E-state index contributed by atoms with van der Waals surface area (Å²) >= 11 is 0. The first-order valence-corrected chi connectivity index (χ1v) is 9.65. The van der Waals surface area contributed by atoms with Crippen LogP contribution in [0.15, 0.2) is 77.3 Å². The van der Waals surface area contributed by atoms with Gasteiger partial charge in [-0.05, 0) is 23.6 Å². The van der Waals surface area contributed by atoms with Crippen molar-refractivity contribution in [3.63, 3.8) is 0 Å². The second-order valence-electron chi connectivity index (χ2n) is 7.39. The molecule has 0 spiro atoms. The molecular weight excluding hydrogens is 375 g/mol. The van der Waals surface area contributed by atoms with Crippen LogP contribution in [0.4, 0.5) is 10.1 Å². The van der Waals surface area contributed by atoms with E-state index in [1.807, 2.05) is 67.1 Å². The first-order valence-electron chi connectivity index (χ1n) is 9.65. The van der Waals surface area contributed by atoms with Gasteiger partial charge in [-0.2, -0.15) is 0 Å². The van der Waals surface area contributed by atoms with E-state index >= 15 is 0 Å². The number of halogens is 1. The van der Waals surface area contributed by atoms with E-state index in [0.29, 0.717) is 16.9 Å². The van der Waals surface area contributed by atoms with Crippen molar-refractivity contribution in [1.82, 2.24) is 0 Å². The number of aryl methyl sites for hydroxylation is 2. The lowest BCUT2D eigenvalue weighted by molar-refractivity contribution is -0.660. The van der Waals surface area contributed by atoms with Crippen LogP contribution in [0.1, 0.15) is 5.56 Å². The quantitative estimate of drug-likeness (QED) is 0.240. The van der Waals surface area contributed by atoms with E-state index in [1.54, 1.807) is 12.3 Å². The molecule has 0 amide bonds. The van der Waals surface area contributed by atoms with Crippen molar-refractivity contribution in [3.8, 4) is 22.4 Å². The predicted octanol–water partition coefficient (Wildman–Crippen LogP) is 6.74. The van der Waals surface area contributed by atoms with E-state index in [1.165, 1.54) is 12.1 Å². The predicted molar refractivity (Wildman–Crippen MR) is 117 cm³/mol. The number of pyridine rings is 1. The van der Waals surface area contributed by atoms with Gasteiger partial charge in [0.05, 0.1) is 12.1 Å². The molecule has 0 saturated heterocycles. The minimum atomic E-state index is -0.303. The molecule has 2 aromatic heterocycles. The average molecular weight is 393 g/mol. The van der Waals surface area contributed by atoms with Crippen molar-refractivity contribution < 1.29 is 13.4 Å². The summed E-state index contributed by atoms with van der Waals surface area (Å²) in [6.45, 7) is 9.59. The first kappa shape index (κ1) is 18.1. The summed E-state index contributed by atoms with van der Waals surface area (Å²) in [5.74, 6) is -0.303. The number of nitrogens with zero attached hydrogens (tertiary/aromatic N) is 2. The van der Waals surface area contributed by atoms with E-state index in [0.717, 1.165) is 38.7 Å². The monoisotopic (exact) mass is 393 g/mol. The third kappa shape index (κ3) is 2.67. The highest BCUT2D eigenvalue weighted by molar-refractivity contribution is 6.18. The summed E-state index contributed by atoms with van der Waals surface area (Å²) in [4.78, 5) is 3.68. The van der Waals surface area contributed by atoms with Crippen LogP contribution in [-0.4, -0.2) is 0 Å². The molecule has 0 saturated carbocycles. The maximum absolute atomic E-state index is 14.1. The first-order chi connectivity index (χ1) is 14.6. The smallest absolute Gasteiger partial charge is 0.229 e. The van der Waals surface area contributed by atoms with Crippen molar-refractivity contribution in [2.24, 2.45) is 7.05 Å². The molecule has 0 N–H and O–H groups in total. The third-order valence-electron chi connectivity index (χ3n) is 5.55. The number of hydrogen-bond donors (Lipinski definition) is 0. The van der Waals surface area contributed by atoms with Crippen LogP contribution in [0, 0.1) is 19.3 Å². The zero-order valence-electron chi connectivity index (χ0n) is 16.6. The highest BCUT2D eigenvalue weighted by atomic mass is 19.1. The molecule has 2 heterocycles. The summed E-state index contributed by atoms with van der Waals surface area (Å²) in [5, 5.41) is 1.82. The van der Waals surface area contributed by atoms with Crippen LogP contribution in [-0.2, 0) is 7.05 Å². The molecule has 0 bridgehead atoms. The molecule has 4 heteroatoms. The normalized spacial score (nSPS) is 11.1. The summed E-state index contributed by atoms with van der Waals surface area (Å²) in [7, 11) is 1.88. The lowest BCUT2D eigenvalue weighted by Crippen LogP contribution is -2.30. The van der Waals surface area contributed by atoms with Crippen molar-refractivity contribution in [2.75, 3.05) is 0 Å². The minimum absolute atomic E-state index is 0.303. The Morgan fingerprint density at radius 1 is 0.967 bits per heavy atom. The highest BCUT2D eigenvalue weighted by Gasteiger charge is 2.23. The molecule has 0 aliphatic rings. The molecular formula is C26H18FN2O+. The Balaban J connectivity index is 1.96. The van der Waals surface area contributed by atoms with Gasteiger partial charge in [-0.25, -0.2) is 13.8 Å². The molecule has 0 aliphatic heterocycles. The second-order valence-corrected chi connectivity index (χ2v) is 7.39. The van der Waals surface area contributed by atoms with Crippen molar-refractivity contribution in [2.45, 2.75) is 6.92 Å². The minimum Gasteiger partial charge on any atom is -0.466 e. The molecule has 30 heavy (non-hydrogen) atoms. The van der Waals surface area contributed by atoms with E-state index in [2.05, 4.69) is 4.85 Å². The second kappa shape index (κ2) is 6.82. The lowest BCUT2D eigenvalue weighted by Gasteiger charge is -2.06.